The van der Waals surface area contributed by atoms with E-state index in [1.165, 1.54) is 16.7 Å². The van der Waals surface area contributed by atoms with Crippen molar-refractivity contribution in [1.82, 2.24) is 4.98 Å². The van der Waals surface area contributed by atoms with Gasteiger partial charge in [-0.15, -0.1) is 0 Å². The highest BCUT2D eigenvalue weighted by molar-refractivity contribution is 5.87. The van der Waals surface area contributed by atoms with Crippen molar-refractivity contribution < 1.29 is 0 Å². The molecule has 3 aromatic rings. The van der Waals surface area contributed by atoms with Crippen LogP contribution in [0.4, 0.5) is 0 Å². The summed E-state index contributed by atoms with van der Waals surface area (Å²) in [4.78, 5) is 4.46. The summed E-state index contributed by atoms with van der Waals surface area (Å²) in [5.74, 6) is 0. The Kier molecular flexibility index (Phi) is 2.58. The molecule has 21 heavy (non-hydrogen) atoms. The van der Waals surface area contributed by atoms with Gasteiger partial charge in [-0.25, -0.2) is 0 Å². The lowest BCUT2D eigenvalue weighted by Crippen LogP contribution is -1.92. The van der Waals surface area contributed by atoms with Crippen LogP contribution >= 0.6 is 0 Å². The minimum Gasteiger partial charge on any atom is -0.256 e. The zero-order valence-electron chi connectivity index (χ0n) is 11.4. The molecular formula is C19H12N2. The summed E-state index contributed by atoms with van der Waals surface area (Å²) in [7, 11) is 0. The molecule has 2 aromatic carbocycles. The fourth-order valence-corrected chi connectivity index (χ4v) is 3.10. The topological polar surface area (TPSA) is 36.7 Å². The van der Waals surface area contributed by atoms with Gasteiger partial charge in [-0.2, -0.15) is 5.26 Å². The molecule has 0 N–H and O–H groups in total. The van der Waals surface area contributed by atoms with Crippen molar-refractivity contribution >= 4 is 0 Å². The van der Waals surface area contributed by atoms with Crippen molar-refractivity contribution in [3.8, 4) is 28.5 Å². The van der Waals surface area contributed by atoms with Crippen LogP contribution in [0.3, 0.4) is 0 Å². The third kappa shape index (κ3) is 1.75. The van der Waals surface area contributed by atoms with Crippen molar-refractivity contribution in [1.29, 1.82) is 5.26 Å². The Hall–Kier alpha value is -2.92. The van der Waals surface area contributed by atoms with Gasteiger partial charge in [-0.05, 0) is 41.3 Å². The fourth-order valence-electron chi connectivity index (χ4n) is 3.10. The molecule has 0 radical (unpaired) electrons. The van der Waals surface area contributed by atoms with Crippen LogP contribution in [-0.2, 0) is 6.42 Å². The summed E-state index contributed by atoms with van der Waals surface area (Å²) in [5.41, 5.74) is 7.60. The molecule has 2 nitrogen and oxygen atoms in total. The van der Waals surface area contributed by atoms with E-state index in [1.54, 1.807) is 0 Å². The van der Waals surface area contributed by atoms with Gasteiger partial charge in [0, 0.05) is 17.3 Å². The summed E-state index contributed by atoms with van der Waals surface area (Å²) in [5, 5.41) is 9.42. The van der Waals surface area contributed by atoms with E-state index in [-0.39, 0.29) is 0 Å². The Bertz CT molecular complexity index is 874. The van der Waals surface area contributed by atoms with Crippen LogP contribution < -0.4 is 0 Å². The molecule has 0 amide bonds. The molecule has 0 spiro atoms. The summed E-state index contributed by atoms with van der Waals surface area (Å²) < 4.78 is 0. The minimum absolute atomic E-state index is 0.745. The predicted molar refractivity (Wildman–Crippen MR) is 82.6 cm³/mol. The lowest BCUT2D eigenvalue weighted by molar-refractivity contribution is 1.24. The van der Waals surface area contributed by atoms with E-state index in [2.05, 4.69) is 29.3 Å². The second kappa shape index (κ2) is 4.57. The maximum absolute atomic E-state index is 9.42. The van der Waals surface area contributed by atoms with Gasteiger partial charge in [0.25, 0.3) is 0 Å². The van der Waals surface area contributed by atoms with Crippen molar-refractivity contribution in [3.05, 3.63) is 77.5 Å². The molecule has 2 heteroatoms. The van der Waals surface area contributed by atoms with Gasteiger partial charge >= 0.3 is 0 Å². The highest BCUT2D eigenvalue weighted by Crippen LogP contribution is 2.42. The van der Waals surface area contributed by atoms with Gasteiger partial charge in [0.15, 0.2) is 0 Å². The third-order valence-electron chi connectivity index (χ3n) is 4.03. The van der Waals surface area contributed by atoms with E-state index in [9.17, 15) is 5.26 Å². The molecule has 1 aliphatic rings. The van der Waals surface area contributed by atoms with Gasteiger partial charge in [-0.1, -0.05) is 36.4 Å². The van der Waals surface area contributed by atoms with Gasteiger partial charge in [0.05, 0.1) is 17.3 Å². The predicted octanol–water partition coefficient (Wildman–Crippen LogP) is 4.19. The zero-order chi connectivity index (χ0) is 14.2. The molecule has 4 rings (SSSR count). The van der Waals surface area contributed by atoms with Crippen LogP contribution in [0, 0.1) is 11.3 Å². The summed E-state index contributed by atoms with van der Waals surface area (Å²) in [6.07, 6.45) is 2.68. The number of rotatable bonds is 1. The Balaban J connectivity index is 2.02. The number of pyridine rings is 1. The Labute approximate surface area is 123 Å². The Morgan fingerprint density at radius 1 is 0.905 bits per heavy atom. The Morgan fingerprint density at radius 3 is 2.57 bits per heavy atom. The summed E-state index contributed by atoms with van der Waals surface area (Å²) in [6, 6.07) is 20.5. The number of aromatic nitrogens is 1. The molecule has 0 bridgehead atoms. The largest absolute Gasteiger partial charge is 0.256 e. The van der Waals surface area contributed by atoms with E-state index >= 15 is 0 Å². The number of nitrogens with zero attached hydrogens (tertiary/aromatic N) is 2. The van der Waals surface area contributed by atoms with Crippen LogP contribution in [-0.4, -0.2) is 4.98 Å². The van der Waals surface area contributed by atoms with Crippen molar-refractivity contribution in [2.45, 2.75) is 6.42 Å². The summed E-state index contributed by atoms with van der Waals surface area (Å²) >= 11 is 0. The maximum atomic E-state index is 9.42. The molecule has 0 saturated carbocycles. The highest BCUT2D eigenvalue weighted by Gasteiger charge is 2.24. The first-order valence-corrected chi connectivity index (χ1v) is 6.94. The average Bonchev–Trinajstić information content (AvgIpc) is 2.94. The van der Waals surface area contributed by atoms with Crippen LogP contribution in [0.2, 0.25) is 0 Å². The number of hydrogen-bond acceptors (Lipinski definition) is 2. The fraction of sp³-hybridized carbons (Fsp3) is 0.0526. The Morgan fingerprint density at radius 2 is 1.76 bits per heavy atom. The molecule has 1 aliphatic carbocycles. The molecule has 0 aliphatic heterocycles. The smallest absolute Gasteiger partial charge is 0.0998 e. The van der Waals surface area contributed by atoms with E-state index in [1.807, 2.05) is 42.6 Å². The van der Waals surface area contributed by atoms with E-state index in [0.717, 1.165) is 28.8 Å². The van der Waals surface area contributed by atoms with Crippen LogP contribution in [0.5, 0.6) is 0 Å². The molecular weight excluding hydrogens is 256 g/mol. The quantitative estimate of drug-likeness (QED) is 0.519. The minimum atomic E-state index is 0.745. The SMILES string of the molecule is N#Cc1ccc(-c2ccccn2)c2c1-c1ccccc1C2. The zero-order valence-corrected chi connectivity index (χ0v) is 11.4. The van der Waals surface area contributed by atoms with E-state index in [0.29, 0.717) is 0 Å². The molecule has 0 fully saturated rings. The van der Waals surface area contributed by atoms with Crippen LogP contribution in [0.15, 0.2) is 60.8 Å². The normalized spacial score (nSPS) is 11.6. The highest BCUT2D eigenvalue weighted by atomic mass is 14.7. The van der Waals surface area contributed by atoms with Crippen molar-refractivity contribution in [3.63, 3.8) is 0 Å². The van der Waals surface area contributed by atoms with Gasteiger partial charge in [0.2, 0.25) is 0 Å². The first-order chi connectivity index (χ1) is 10.4. The van der Waals surface area contributed by atoms with E-state index < -0.39 is 0 Å². The lowest BCUT2D eigenvalue weighted by atomic mass is 9.94. The summed E-state index contributed by atoms with van der Waals surface area (Å²) in [6.45, 7) is 0. The first-order valence-electron chi connectivity index (χ1n) is 6.94. The maximum Gasteiger partial charge on any atom is 0.0998 e. The van der Waals surface area contributed by atoms with E-state index in [4.69, 9.17) is 0 Å². The van der Waals surface area contributed by atoms with Crippen LogP contribution in [0.1, 0.15) is 16.7 Å². The second-order valence-corrected chi connectivity index (χ2v) is 5.17. The average molecular weight is 268 g/mol. The first kappa shape index (κ1) is 11.9. The molecule has 0 atom stereocenters. The lowest BCUT2D eigenvalue weighted by Gasteiger charge is -2.09. The third-order valence-corrected chi connectivity index (χ3v) is 4.03. The molecule has 1 heterocycles. The second-order valence-electron chi connectivity index (χ2n) is 5.17. The number of nitriles is 1. The molecule has 98 valence electrons. The van der Waals surface area contributed by atoms with Gasteiger partial charge in [-0.3, -0.25) is 4.98 Å². The monoisotopic (exact) mass is 268 g/mol. The number of hydrogen-bond donors (Lipinski definition) is 0. The molecule has 0 saturated heterocycles. The standard InChI is InChI=1S/C19H12N2/c20-12-14-8-9-16(18-7-3-4-10-21-18)17-11-13-5-1-2-6-15(13)19(14)17/h1-10H,11H2. The van der Waals surface area contributed by atoms with Crippen molar-refractivity contribution in [2.24, 2.45) is 0 Å². The van der Waals surface area contributed by atoms with Gasteiger partial charge in [0.1, 0.15) is 0 Å². The molecule has 0 unspecified atom stereocenters. The molecule has 1 aromatic heterocycles. The number of benzene rings is 2. The number of fused-ring (bicyclic) bond motifs is 3. The van der Waals surface area contributed by atoms with Crippen LogP contribution in [0.25, 0.3) is 22.4 Å². The van der Waals surface area contributed by atoms with Crippen molar-refractivity contribution in [2.75, 3.05) is 0 Å². The van der Waals surface area contributed by atoms with Gasteiger partial charge < -0.3 is 0 Å².